The van der Waals surface area contributed by atoms with Gasteiger partial charge in [-0.3, -0.25) is 4.99 Å². The average molecular weight is 483 g/mol. The molecule has 0 saturated heterocycles. The third-order valence-electron chi connectivity index (χ3n) is 3.85. The fraction of sp³-hybridized carbons (Fsp3) is 0.389. The number of aliphatic imine (C=N–C) groups is 1. The van der Waals surface area contributed by atoms with Gasteiger partial charge in [-0.05, 0) is 31.9 Å². The zero-order valence-electron chi connectivity index (χ0n) is 15.6. The predicted molar refractivity (Wildman–Crippen MR) is 118 cm³/mol. The molecule has 0 aliphatic carbocycles. The first-order chi connectivity index (χ1) is 12.6. The second kappa shape index (κ2) is 11.4. The molecule has 27 heavy (non-hydrogen) atoms. The molecule has 0 bridgehead atoms. The second-order valence-corrected chi connectivity index (χ2v) is 5.86. The van der Waals surface area contributed by atoms with Crippen LogP contribution in [0.4, 0.5) is 5.82 Å². The Hall–Kier alpha value is -2.32. The summed E-state index contributed by atoms with van der Waals surface area (Å²) >= 11 is 0. The van der Waals surface area contributed by atoms with Crippen molar-refractivity contribution in [1.82, 2.24) is 15.1 Å². The fourth-order valence-electron chi connectivity index (χ4n) is 2.44. The van der Waals surface area contributed by atoms with Crippen molar-refractivity contribution in [2.75, 3.05) is 32.5 Å². The van der Waals surface area contributed by atoms with Crippen LogP contribution >= 0.6 is 24.0 Å². The van der Waals surface area contributed by atoms with E-state index in [1.807, 2.05) is 31.2 Å². The Morgan fingerprint density at radius 1 is 1.37 bits per heavy atom. The highest BCUT2D eigenvalue weighted by Crippen LogP contribution is 2.21. The Bertz CT molecular complexity index is 793. The molecule has 0 saturated carbocycles. The molecule has 1 heterocycles. The van der Waals surface area contributed by atoms with Crippen LogP contribution in [0.3, 0.4) is 0 Å². The Balaban J connectivity index is 0.00000364. The second-order valence-electron chi connectivity index (χ2n) is 5.86. The van der Waals surface area contributed by atoms with E-state index >= 15 is 0 Å². The van der Waals surface area contributed by atoms with Gasteiger partial charge >= 0.3 is 0 Å². The highest BCUT2D eigenvalue weighted by molar-refractivity contribution is 14.0. The normalized spacial score (nSPS) is 10.9. The lowest BCUT2D eigenvalue weighted by Gasteiger charge is -2.04. The number of benzene rings is 1. The minimum absolute atomic E-state index is 0. The number of methoxy groups -OCH3 is 1. The van der Waals surface area contributed by atoms with Gasteiger partial charge in [0.15, 0.2) is 5.96 Å². The number of halogens is 1. The van der Waals surface area contributed by atoms with Crippen molar-refractivity contribution >= 4 is 35.8 Å². The van der Waals surface area contributed by atoms with E-state index in [0.29, 0.717) is 55.6 Å². The Morgan fingerprint density at radius 3 is 2.70 bits per heavy atom. The molecule has 0 aliphatic heterocycles. The number of nitrogens with zero attached hydrogens (tertiary/aromatic N) is 4. The van der Waals surface area contributed by atoms with Crippen LogP contribution in [0.2, 0.25) is 0 Å². The predicted octanol–water partition coefficient (Wildman–Crippen LogP) is 1.74. The van der Waals surface area contributed by atoms with Gasteiger partial charge in [0, 0.05) is 20.2 Å². The van der Waals surface area contributed by atoms with E-state index in [-0.39, 0.29) is 24.0 Å². The number of guanidine groups is 1. The Labute approximate surface area is 176 Å². The number of hydrogen-bond donors (Lipinski definition) is 3. The number of aromatic nitrogens is 2. The summed E-state index contributed by atoms with van der Waals surface area (Å²) in [5.41, 5.74) is 14.9. The van der Waals surface area contributed by atoms with E-state index in [2.05, 4.69) is 21.5 Å². The smallest absolute Gasteiger partial charge is 0.188 e. The van der Waals surface area contributed by atoms with Crippen LogP contribution in [0.1, 0.15) is 23.2 Å². The summed E-state index contributed by atoms with van der Waals surface area (Å²) in [4.78, 5) is 4.24. The summed E-state index contributed by atoms with van der Waals surface area (Å²) in [5.74, 6) is 0.739. The summed E-state index contributed by atoms with van der Waals surface area (Å²) < 4.78 is 6.54. The summed E-state index contributed by atoms with van der Waals surface area (Å²) in [7, 11) is 1.63. The zero-order chi connectivity index (χ0) is 18.9. The van der Waals surface area contributed by atoms with Crippen molar-refractivity contribution in [1.29, 1.82) is 5.26 Å². The van der Waals surface area contributed by atoms with Crippen LogP contribution in [-0.4, -0.2) is 42.5 Å². The Kier molecular flexibility index (Phi) is 9.60. The van der Waals surface area contributed by atoms with Gasteiger partial charge in [-0.2, -0.15) is 10.4 Å². The average Bonchev–Trinajstić information content (AvgIpc) is 2.95. The zero-order valence-corrected chi connectivity index (χ0v) is 17.9. The number of rotatable bonds is 8. The molecule has 9 heteroatoms. The minimum atomic E-state index is 0. The number of anilines is 1. The van der Waals surface area contributed by atoms with Crippen LogP contribution in [0.15, 0.2) is 29.3 Å². The van der Waals surface area contributed by atoms with Gasteiger partial charge in [0.25, 0.3) is 0 Å². The van der Waals surface area contributed by atoms with E-state index in [1.165, 1.54) is 0 Å². The maximum absolute atomic E-state index is 9.42. The molecular formula is C18H26IN7O. The Morgan fingerprint density at radius 2 is 2.07 bits per heavy atom. The molecule has 0 unspecified atom stereocenters. The van der Waals surface area contributed by atoms with Gasteiger partial charge < -0.3 is 21.5 Å². The van der Waals surface area contributed by atoms with Crippen LogP contribution in [0, 0.1) is 18.3 Å². The molecule has 0 fully saturated rings. The molecule has 2 rings (SSSR count). The topological polar surface area (TPSA) is 127 Å². The van der Waals surface area contributed by atoms with E-state index in [4.69, 9.17) is 16.2 Å². The molecule has 0 spiro atoms. The van der Waals surface area contributed by atoms with Gasteiger partial charge in [-0.25, -0.2) is 4.68 Å². The van der Waals surface area contributed by atoms with Gasteiger partial charge in [0.1, 0.15) is 17.5 Å². The highest BCUT2D eigenvalue weighted by atomic mass is 127. The molecule has 8 nitrogen and oxygen atoms in total. The molecule has 2 aromatic rings. The van der Waals surface area contributed by atoms with Gasteiger partial charge in [-0.15, -0.1) is 24.0 Å². The molecule has 146 valence electrons. The molecule has 1 aromatic carbocycles. The summed E-state index contributed by atoms with van der Waals surface area (Å²) in [5, 5.41) is 16.9. The monoisotopic (exact) mass is 483 g/mol. The van der Waals surface area contributed by atoms with E-state index in [0.717, 1.165) is 11.3 Å². The summed E-state index contributed by atoms with van der Waals surface area (Å²) in [6.45, 7) is 3.73. The lowest BCUT2D eigenvalue weighted by Crippen LogP contribution is -2.34. The first-order valence-corrected chi connectivity index (χ1v) is 8.44. The van der Waals surface area contributed by atoms with Crippen LogP contribution in [0.5, 0.6) is 0 Å². The number of ether oxygens (including phenoxy) is 1. The molecule has 1 aromatic heterocycles. The van der Waals surface area contributed by atoms with E-state index < -0.39 is 0 Å². The fourth-order valence-corrected chi connectivity index (χ4v) is 2.44. The lowest BCUT2D eigenvalue weighted by molar-refractivity contribution is 0.204. The van der Waals surface area contributed by atoms with Crippen LogP contribution in [0.25, 0.3) is 5.69 Å². The number of nitriles is 1. The standard InChI is InChI=1S/C18H25N7O.HI/c1-13-5-7-14(8-6-13)25-17(20)15(12-19)16(24-25)4-3-9-22-18(21)23-10-11-26-2;/h5-8H,3-4,9-11,20H2,1-2H3,(H3,21,22,23);1H. The summed E-state index contributed by atoms with van der Waals surface area (Å²) in [6.07, 6.45) is 1.31. The van der Waals surface area contributed by atoms with Crippen molar-refractivity contribution in [2.24, 2.45) is 10.7 Å². The summed E-state index contributed by atoms with van der Waals surface area (Å²) in [6, 6.07) is 9.98. The van der Waals surface area contributed by atoms with E-state index in [1.54, 1.807) is 11.8 Å². The van der Waals surface area contributed by atoms with Crippen LogP contribution in [-0.2, 0) is 11.2 Å². The van der Waals surface area contributed by atoms with Gasteiger partial charge in [-0.1, -0.05) is 17.7 Å². The first-order valence-electron chi connectivity index (χ1n) is 8.44. The van der Waals surface area contributed by atoms with E-state index in [9.17, 15) is 5.26 Å². The maximum Gasteiger partial charge on any atom is 0.188 e. The number of aryl methyl sites for hydroxylation is 2. The number of nitrogen functional groups attached to an aromatic ring is 1. The third-order valence-corrected chi connectivity index (χ3v) is 3.85. The van der Waals surface area contributed by atoms with Crippen molar-refractivity contribution in [2.45, 2.75) is 19.8 Å². The number of hydrogen-bond acceptors (Lipinski definition) is 5. The van der Waals surface area contributed by atoms with Crippen molar-refractivity contribution in [3.63, 3.8) is 0 Å². The van der Waals surface area contributed by atoms with Gasteiger partial charge in [0.05, 0.1) is 18.0 Å². The van der Waals surface area contributed by atoms with Crippen LogP contribution < -0.4 is 16.8 Å². The molecule has 0 aliphatic rings. The highest BCUT2D eigenvalue weighted by Gasteiger charge is 2.16. The van der Waals surface area contributed by atoms with Crippen molar-refractivity contribution in [3.05, 3.63) is 41.1 Å². The minimum Gasteiger partial charge on any atom is -0.383 e. The third kappa shape index (κ3) is 6.41. The first kappa shape index (κ1) is 22.7. The molecule has 0 atom stereocenters. The molecule has 0 radical (unpaired) electrons. The molecule has 5 N–H and O–H groups in total. The van der Waals surface area contributed by atoms with Crippen molar-refractivity contribution in [3.8, 4) is 11.8 Å². The van der Waals surface area contributed by atoms with Crippen molar-refractivity contribution < 1.29 is 4.74 Å². The largest absolute Gasteiger partial charge is 0.383 e. The number of nitrogens with one attached hydrogen (secondary N) is 1. The van der Waals surface area contributed by atoms with Gasteiger partial charge in [0.2, 0.25) is 0 Å². The molecular weight excluding hydrogens is 457 g/mol. The maximum atomic E-state index is 9.42. The SMILES string of the molecule is COCCNC(N)=NCCCc1nn(-c2ccc(C)cc2)c(N)c1C#N.I. The number of nitrogens with two attached hydrogens (primary N) is 2. The lowest BCUT2D eigenvalue weighted by atomic mass is 10.1. The molecule has 0 amide bonds. The quantitative estimate of drug-likeness (QED) is 0.227.